The van der Waals surface area contributed by atoms with Gasteiger partial charge < -0.3 is 10.0 Å². The Kier molecular flexibility index (Phi) is 6.06. The maximum Gasteiger partial charge on any atom is 0.282 e. The number of rotatable bonds is 3. The number of phenolic OH excluding ortho intramolecular Hbond substituents is 1. The summed E-state index contributed by atoms with van der Waals surface area (Å²) in [6.45, 7) is 2.23. The van der Waals surface area contributed by atoms with Crippen molar-refractivity contribution in [2.45, 2.75) is 25.7 Å². The first-order valence-corrected chi connectivity index (χ1v) is 10.7. The molecule has 3 rings (SSSR count). The topological polar surface area (TPSA) is 81.2 Å². The molecule has 0 aromatic heterocycles. The molecule has 2 saturated heterocycles. The fraction of sp³-hybridized carbons (Fsp3) is 0.588. The molecule has 0 radical (unpaired) electrons. The number of amides is 1. The Morgan fingerprint density at radius 3 is 2.12 bits per heavy atom. The molecule has 7 nitrogen and oxygen atoms in total. The van der Waals surface area contributed by atoms with E-state index in [-0.39, 0.29) is 43.4 Å². The first-order chi connectivity index (χ1) is 12.4. The quantitative estimate of drug-likeness (QED) is 0.839. The molecule has 0 saturated carbocycles. The summed E-state index contributed by atoms with van der Waals surface area (Å²) >= 11 is 5.91. The Labute approximate surface area is 159 Å². The lowest BCUT2D eigenvalue weighted by Crippen LogP contribution is -2.54. The highest BCUT2D eigenvalue weighted by Crippen LogP contribution is 2.24. The van der Waals surface area contributed by atoms with Crippen LogP contribution in [0.5, 0.6) is 5.75 Å². The number of carbonyl (C=O) groups is 1. The second kappa shape index (κ2) is 8.12. The smallest absolute Gasteiger partial charge is 0.282 e. The van der Waals surface area contributed by atoms with E-state index < -0.39 is 10.2 Å². The van der Waals surface area contributed by atoms with E-state index in [1.165, 1.54) is 22.5 Å². The molecule has 26 heavy (non-hydrogen) atoms. The number of carbonyl (C=O) groups excluding carboxylic acids is 1. The van der Waals surface area contributed by atoms with Gasteiger partial charge in [0.2, 0.25) is 0 Å². The third-order valence-electron chi connectivity index (χ3n) is 4.93. The van der Waals surface area contributed by atoms with Crippen LogP contribution in [-0.2, 0) is 10.2 Å². The molecular formula is C17H24ClN3O4S. The minimum Gasteiger partial charge on any atom is -0.507 e. The van der Waals surface area contributed by atoms with Gasteiger partial charge in [-0.2, -0.15) is 17.0 Å². The molecule has 0 aliphatic carbocycles. The van der Waals surface area contributed by atoms with Crippen molar-refractivity contribution in [3.05, 3.63) is 28.8 Å². The predicted octanol–water partition coefficient (Wildman–Crippen LogP) is 1.92. The van der Waals surface area contributed by atoms with E-state index >= 15 is 0 Å². The summed E-state index contributed by atoms with van der Waals surface area (Å²) in [6.07, 6.45) is 3.92. The molecule has 1 N–H and O–H groups in total. The van der Waals surface area contributed by atoms with Gasteiger partial charge in [-0.3, -0.25) is 4.79 Å². The van der Waals surface area contributed by atoms with Crippen molar-refractivity contribution >= 4 is 27.7 Å². The summed E-state index contributed by atoms with van der Waals surface area (Å²) in [4.78, 5) is 14.2. The number of hydrogen-bond acceptors (Lipinski definition) is 4. The number of aromatic hydroxyl groups is 1. The lowest BCUT2D eigenvalue weighted by molar-refractivity contribution is 0.0691. The number of phenols is 1. The predicted molar refractivity (Wildman–Crippen MR) is 99.6 cm³/mol. The molecular weight excluding hydrogens is 378 g/mol. The van der Waals surface area contributed by atoms with Crippen LogP contribution in [0.3, 0.4) is 0 Å². The Hall–Kier alpha value is -1.35. The summed E-state index contributed by atoms with van der Waals surface area (Å²) in [5.41, 5.74) is 0.140. The lowest BCUT2D eigenvalue weighted by atomic mass is 10.1. The summed E-state index contributed by atoms with van der Waals surface area (Å²) in [7, 11) is -3.48. The molecule has 1 aromatic carbocycles. The van der Waals surface area contributed by atoms with Crippen LogP contribution in [0.4, 0.5) is 0 Å². The first kappa shape index (κ1) is 19.4. The van der Waals surface area contributed by atoms with Gasteiger partial charge in [-0.1, -0.05) is 24.4 Å². The van der Waals surface area contributed by atoms with Crippen LogP contribution in [0.2, 0.25) is 5.02 Å². The molecule has 144 valence electrons. The van der Waals surface area contributed by atoms with Crippen LogP contribution in [0, 0.1) is 0 Å². The van der Waals surface area contributed by atoms with Crippen LogP contribution < -0.4 is 0 Å². The van der Waals surface area contributed by atoms with Crippen molar-refractivity contribution in [3.8, 4) is 5.75 Å². The van der Waals surface area contributed by atoms with E-state index in [2.05, 4.69) is 0 Å². The largest absolute Gasteiger partial charge is 0.507 e. The zero-order valence-electron chi connectivity index (χ0n) is 14.6. The number of hydrogen-bond donors (Lipinski definition) is 1. The number of halogens is 1. The van der Waals surface area contributed by atoms with Gasteiger partial charge in [0, 0.05) is 44.3 Å². The van der Waals surface area contributed by atoms with Crippen molar-refractivity contribution in [3.63, 3.8) is 0 Å². The van der Waals surface area contributed by atoms with E-state index in [1.807, 2.05) is 0 Å². The Bertz CT molecular complexity index is 755. The van der Waals surface area contributed by atoms with Crippen LogP contribution in [0.25, 0.3) is 0 Å². The molecule has 0 spiro atoms. The highest BCUT2D eigenvalue weighted by Gasteiger charge is 2.34. The van der Waals surface area contributed by atoms with Gasteiger partial charge in [0.1, 0.15) is 5.75 Å². The molecule has 2 aliphatic rings. The van der Waals surface area contributed by atoms with E-state index in [0.717, 1.165) is 25.7 Å². The van der Waals surface area contributed by atoms with E-state index in [1.54, 1.807) is 9.21 Å². The maximum absolute atomic E-state index is 12.8. The van der Waals surface area contributed by atoms with E-state index in [4.69, 9.17) is 11.6 Å². The molecule has 2 heterocycles. The average molecular weight is 402 g/mol. The van der Waals surface area contributed by atoms with Crippen molar-refractivity contribution in [1.82, 2.24) is 13.5 Å². The third-order valence-corrected chi connectivity index (χ3v) is 7.20. The van der Waals surface area contributed by atoms with Crippen molar-refractivity contribution in [1.29, 1.82) is 0 Å². The van der Waals surface area contributed by atoms with Gasteiger partial charge >= 0.3 is 0 Å². The average Bonchev–Trinajstić information content (AvgIpc) is 2.93. The molecule has 1 aromatic rings. The minimum absolute atomic E-state index is 0.126. The zero-order chi connectivity index (χ0) is 18.7. The van der Waals surface area contributed by atoms with Gasteiger partial charge in [-0.05, 0) is 31.0 Å². The van der Waals surface area contributed by atoms with Gasteiger partial charge in [0.15, 0.2) is 0 Å². The summed E-state index contributed by atoms with van der Waals surface area (Å²) in [5.74, 6) is -0.462. The van der Waals surface area contributed by atoms with Crippen molar-refractivity contribution < 1.29 is 18.3 Å². The molecule has 2 fully saturated rings. The van der Waals surface area contributed by atoms with Gasteiger partial charge in [-0.15, -0.1) is 0 Å². The SMILES string of the molecule is O=C(c1cc(Cl)ccc1O)N1CCN(S(=O)(=O)N2CCCCCC2)CC1. The molecule has 1 amide bonds. The highest BCUT2D eigenvalue weighted by molar-refractivity contribution is 7.86. The van der Waals surface area contributed by atoms with Crippen molar-refractivity contribution in [2.75, 3.05) is 39.3 Å². The standard InChI is InChI=1S/C17H24ClN3O4S/c18-14-5-6-16(22)15(13-14)17(23)19-9-11-21(12-10-19)26(24,25)20-7-3-1-2-4-8-20/h5-6,13,22H,1-4,7-12H2. The lowest BCUT2D eigenvalue weighted by Gasteiger charge is -2.36. The molecule has 9 heteroatoms. The van der Waals surface area contributed by atoms with Gasteiger partial charge in [0.25, 0.3) is 16.1 Å². The Morgan fingerprint density at radius 1 is 0.923 bits per heavy atom. The Balaban J connectivity index is 1.65. The molecule has 0 bridgehead atoms. The van der Waals surface area contributed by atoms with Crippen LogP contribution >= 0.6 is 11.6 Å². The van der Waals surface area contributed by atoms with Crippen LogP contribution in [-0.4, -0.2) is 72.2 Å². The fourth-order valence-corrected chi connectivity index (χ4v) is 5.25. The van der Waals surface area contributed by atoms with Crippen molar-refractivity contribution in [2.24, 2.45) is 0 Å². The highest BCUT2D eigenvalue weighted by atomic mass is 35.5. The summed E-state index contributed by atoms with van der Waals surface area (Å²) in [5, 5.41) is 10.3. The zero-order valence-corrected chi connectivity index (χ0v) is 16.2. The van der Waals surface area contributed by atoms with Gasteiger partial charge in [0.05, 0.1) is 5.56 Å². The number of piperazine rings is 1. The second-order valence-electron chi connectivity index (χ2n) is 6.67. The van der Waals surface area contributed by atoms with Crippen LogP contribution in [0.15, 0.2) is 18.2 Å². The number of benzene rings is 1. The second-order valence-corrected chi connectivity index (χ2v) is 9.04. The van der Waals surface area contributed by atoms with Crippen LogP contribution in [0.1, 0.15) is 36.0 Å². The fourth-order valence-electron chi connectivity index (χ4n) is 3.41. The Morgan fingerprint density at radius 2 is 1.50 bits per heavy atom. The first-order valence-electron chi connectivity index (χ1n) is 8.92. The monoisotopic (exact) mass is 401 g/mol. The third kappa shape index (κ3) is 4.14. The maximum atomic E-state index is 12.8. The van der Waals surface area contributed by atoms with Gasteiger partial charge in [-0.25, -0.2) is 0 Å². The molecule has 0 unspecified atom stereocenters. The normalized spacial score (nSPS) is 20.7. The minimum atomic E-state index is -3.48. The van der Waals surface area contributed by atoms with E-state index in [9.17, 15) is 18.3 Å². The molecule has 2 aliphatic heterocycles. The molecule has 0 atom stereocenters. The van der Waals surface area contributed by atoms with E-state index in [0.29, 0.717) is 18.1 Å². The number of nitrogens with zero attached hydrogens (tertiary/aromatic N) is 3. The summed E-state index contributed by atoms with van der Waals surface area (Å²) < 4.78 is 28.7. The summed E-state index contributed by atoms with van der Waals surface area (Å²) in [6, 6.07) is 4.33.